The van der Waals surface area contributed by atoms with Crippen molar-refractivity contribution in [3.8, 4) is 17.1 Å². The van der Waals surface area contributed by atoms with Crippen molar-refractivity contribution >= 4 is 28.8 Å². The number of aromatic nitrogens is 3. The average Bonchev–Trinajstić information content (AvgIpc) is 3.35. The second-order valence-corrected chi connectivity index (χ2v) is 8.04. The third kappa shape index (κ3) is 3.83. The number of halogens is 1. The van der Waals surface area contributed by atoms with Gasteiger partial charge in [0.2, 0.25) is 5.82 Å². The molecule has 2 heterocycles. The molecule has 140 valence electrons. The summed E-state index contributed by atoms with van der Waals surface area (Å²) in [6.45, 7) is 0.455. The van der Waals surface area contributed by atoms with Crippen molar-refractivity contribution in [3.05, 3.63) is 87.8 Å². The van der Waals surface area contributed by atoms with E-state index in [0.717, 1.165) is 16.1 Å². The Morgan fingerprint density at radius 1 is 1.04 bits per heavy atom. The highest BCUT2D eigenvalue weighted by Crippen LogP contribution is 2.24. The normalized spacial score (nSPS) is 10.8. The molecule has 7 heteroatoms. The Kier molecular flexibility index (Phi) is 5.23. The van der Waals surface area contributed by atoms with E-state index in [9.17, 15) is 4.79 Å². The maximum Gasteiger partial charge on any atom is 0.293 e. The Hall–Kier alpha value is -2.96. The van der Waals surface area contributed by atoms with Crippen molar-refractivity contribution in [2.45, 2.75) is 6.54 Å². The zero-order valence-electron chi connectivity index (χ0n) is 15.1. The van der Waals surface area contributed by atoms with Gasteiger partial charge in [-0.1, -0.05) is 60.1 Å². The molecule has 0 aliphatic carbocycles. The van der Waals surface area contributed by atoms with Crippen molar-refractivity contribution in [1.29, 1.82) is 0 Å². The molecule has 2 aromatic carbocycles. The standard InChI is InChI=1S/C21H17ClN4OS/c1-25(14-17-12-13-18(22)28-17)21(27)19-23-20(15-8-4-2-5-9-15)26(24-19)16-10-6-3-7-11-16/h2-13H,14H2,1H3. The lowest BCUT2D eigenvalue weighted by Crippen LogP contribution is -2.27. The molecule has 1 amide bonds. The fourth-order valence-corrected chi connectivity index (χ4v) is 3.98. The molecule has 28 heavy (non-hydrogen) atoms. The number of thiophene rings is 1. The third-order valence-electron chi connectivity index (χ3n) is 4.20. The van der Waals surface area contributed by atoms with E-state index in [4.69, 9.17) is 11.6 Å². The lowest BCUT2D eigenvalue weighted by atomic mass is 10.2. The number of amides is 1. The molecule has 4 aromatic rings. The number of nitrogens with zero attached hydrogens (tertiary/aromatic N) is 4. The molecule has 0 spiro atoms. The lowest BCUT2D eigenvalue weighted by molar-refractivity contribution is 0.0774. The summed E-state index contributed by atoms with van der Waals surface area (Å²) in [4.78, 5) is 20.1. The Morgan fingerprint density at radius 2 is 1.71 bits per heavy atom. The van der Waals surface area contributed by atoms with E-state index in [1.807, 2.05) is 72.8 Å². The molecule has 0 radical (unpaired) electrons. The summed E-state index contributed by atoms with van der Waals surface area (Å²) in [6.07, 6.45) is 0. The molecule has 0 fully saturated rings. The van der Waals surface area contributed by atoms with Crippen molar-refractivity contribution in [2.24, 2.45) is 0 Å². The van der Waals surface area contributed by atoms with Crippen LogP contribution in [0.2, 0.25) is 4.34 Å². The van der Waals surface area contributed by atoms with E-state index in [-0.39, 0.29) is 11.7 Å². The molecule has 0 atom stereocenters. The summed E-state index contributed by atoms with van der Waals surface area (Å²) in [5.41, 5.74) is 1.74. The molecule has 0 N–H and O–H groups in total. The number of rotatable bonds is 5. The smallest absolute Gasteiger partial charge is 0.293 e. The van der Waals surface area contributed by atoms with Gasteiger partial charge in [0.1, 0.15) is 0 Å². The van der Waals surface area contributed by atoms with Gasteiger partial charge in [-0.15, -0.1) is 16.4 Å². The summed E-state index contributed by atoms with van der Waals surface area (Å²) < 4.78 is 2.41. The molecule has 4 rings (SSSR count). The number of hydrogen-bond acceptors (Lipinski definition) is 4. The van der Waals surface area contributed by atoms with Crippen LogP contribution in [0.15, 0.2) is 72.8 Å². The van der Waals surface area contributed by atoms with Crippen LogP contribution < -0.4 is 0 Å². The molecular weight excluding hydrogens is 392 g/mol. The Morgan fingerprint density at radius 3 is 2.36 bits per heavy atom. The van der Waals surface area contributed by atoms with Crippen LogP contribution in [-0.4, -0.2) is 32.6 Å². The Bertz CT molecular complexity index is 1040. The first-order valence-corrected chi connectivity index (χ1v) is 9.89. The predicted molar refractivity (Wildman–Crippen MR) is 112 cm³/mol. The highest BCUT2D eigenvalue weighted by Gasteiger charge is 2.22. The van der Waals surface area contributed by atoms with Crippen molar-refractivity contribution < 1.29 is 4.79 Å². The lowest BCUT2D eigenvalue weighted by Gasteiger charge is -2.13. The fraction of sp³-hybridized carbons (Fsp3) is 0.0952. The van der Waals surface area contributed by atoms with Gasteiger partial charge in [-0.05, 0) is 24.3 Å². The van der Waals surface area contributed by atoms with Gasteiger partial charge in [0, 0.05) is 17.5 Å². The van der Waals surface area contributed by atoms with Gasteiger partial charge in [-0.3, -0.25) is 4.79 Å². The topological polar surface area (TPSA) is 51.0 Å². The van der Waals surface area contributed by atoms with Gasteiger partial charge in [-0.2, -0.15) is 0 Å². The molecule has 0 saturated heterocycles. The van der Waals surface area contributed by atoms with Crippen LogP contribution in [0.4, 0.5) is 0 Å². The van der Waals surface area contributed by atoms with E-state index in [1.54, 1.807) is 16.6 Å². The maximum absolute atomic E-state index is 12.9. The van der Waals surface area contributed by atoms with Gasteiger partial charge in [0.25, 0.3) is 5.91 Å². The molecule has 5 nitrogen and oxygen atoms in total. The largest absolute Gasteiger partial charge is 0.334 e. The maximum atomic E-state index is 12.9. The summed E-state index contributed by atoms with van der Waals surface area (Å²) >= 11 is 7.44. The van der Waals surface area contributed by atoms with Crippen LogP contribution in [-0.2, 0) is 6.54 Å². The number of carbonyl (C=O) groups excluding carboxylic acids is 1. The molecule has 0 unspecified atom stereocenters. The van der Waals surface area contributed by atoms with Gasteiger partial charge < -0.3 is 4.90 Å². The highest BCUT2D eigenvalue weighted by molar-refractivity contribution is 7.16. The van der Waals surface area contributed by atoms with Crippen LogP contribution in [0, 0.1) is 0 Å². The number of hydrogen-bond donors (Lipinski definition) is 0. The van der Waals surface area contributed by atoms with E-state index in [2.05, 4.69) is 10.1 Å². The number of benzene rings is 2. The summed E-state index contributed by atoms with van der Waals surface area (Å²) in [7, 11) is 1.74. The van der Waals surface area contributed by atoms with Crippen LogP contribution in [0.25, 0.3) is 17.1 Å². The molecule has 0 saturated carbocycles. The van der Waals surface area contributed by atoms with E-state index < -0.39 is 0 Å². The van der Waals surface area contributed by atoms with Gasteiger partial charge in [0.05, 0.1) is 16.6 Å². The molecule has 0 aliphatic rings. The molecule has 2 aromatic heterocycles. The zero-order valence-corrected chi connectivity index (χ0v) is 16.7. The fourth-order valence-electron chi connectivity index (χ4n) is 2.84. The zero-order chi connectivity index (χ0) is 19.5. The average molecular weight is 409 g/mol. The first-order valence-electron chi connectivity index (χ1n) is 8.69. The van der Waals surface area contributed by atoms with Gasteiger partial charge >= 0.3 is 0 Å². The van der Waals surface area contributed by atoms with Crippen LogP contribution in [0.1, 0.15) is 15.5 Å². The second kappa shape index (κ2) is 7.96. The van der Waals surface area contributed by atoms with E-state index in [0.29, 0.717) is 16.7 Å². The third-order valence-corrected chi connectivity index (χ3v) is 5.42. The van der Waals surface area contributed by atoms with Crippen molar-refractivity contribution in [2.75, 3.05) is 7.05 Å². The SMILES string of the molecule is CN(Cc1ccc(Cl)s1)C(=O)c1nc(-c2ccccc2)n(-c2ccccc2)n1. The predicted octanol–water partition coefficient (Wildman–Crippen LogP) is 4.92. The minimum atomic E-state index is -0.239. The quantitative estimate of drug-likeness (QED) is 0.471. The van der Waals surface area contributed by atoms with Gasteiger partial charge in [0.15, 0.2) is 5.82 Å². The first kappa shape index (κ1) is 18.4. The summed E-state index contributed by atoms with van der Waals surface area (Å²) in [5, 5.41) is 4.52. The number of para-hydroxylation sites is 1. The van der Waals surface area contributed by atoms with E-state index in [1.165, 1.54) is 11.3 Å². The van der Waals surface area contributed by atoms with Crippen LogP contribution in [0.5, 0.6) is 0 Å². The first-order chi connectivity index (χ1) is 13.6. The van der Waals surface area contributed by atoms with Crippen LogP contribution in [0.3, 0.4) is 0 Å². The van der Waals surface area contributed by atoms with Crippen LogP contribution >= 0.6 is 22.9 Å². The Balaban J connectivity index is 1.69. The second-order valence-electron chi connectivity index (χ2n) is 6.24. The minimum Gasteiger partial charge on any atom is -0.334 e. The molecular formula is C21H17ClN4OS. The van der Waals surface area contributed by atoms with E-state index >= 15 is 0 Å². The minimum absolute atomic E-state index is 0.160. The summed E-state index contributed by atoms with van der Waals surface area (Å²) in [6, 6.07) is 23.1. The monoisotopic (exact) mass is 408 g/mol. The number of carbonyl (C=O) groups is 1. The van der Waals surface area contributed by atoms with Crippen molar-refractivity contribution in [1.82, 2.24) is 19.7 Å². The highest BCUT2D eigenvalue weighted by atomic mass is 35.5. The molecule has 0 bridgehead atoms. The van der Waals surface area contributed by atoms with Crippen molar-refractivity contribution in [3.63, 3.8) is 0 Å². The van der Waals surface area contributed by atoms with Gasteiger partial charge in [-0.25, -0.2) is 9.67 Å². The Labute approximate surface area is 171 Å². The molecule has 0 aliphatic heterocycles. The summed E-state index contributed by atoms with van der Waals surface area (Å²) in [5.74, 6) is 0.548.